The molecule has 0 fully saturated rings. The van der Waals surface area contributed by atoms with Crippen molar-refractivity contribution in [2.45, 2.75) is 0 Å². The molecule has 0 saturated carbocycles. The van der Waals surface area contributed by atoms with Crippen LogP contribution >= 0.6 is 0 Å². The van der Waals surface area contributed by atoms with Crippen molar-refractivity contribution in [3.05, 3.63) is 0 Å². The number of hydrogen-bond donors (Lipinski definition) is 4. The van der Waals surface area contributed by atoms with E-state index in [9.17, 15) is 0 Å². The van der Waals surface area contributed by atoms with Crippen LogP contribution in [0.2, 0.25) is 0 Å². The maximum atomic E-state index is 7.33. The molecule has 0 aliphatic heterocycles. The average molecular weight is 340 g/mol. The van der Waals surface area contributed by atoms with Crippen LogP contribution in [0.1, 0.15) is 8.56 Å². The molecule has 11 heavy (non-hydrogen) atoms. The first-order chi connectivity index (χ1) is 2.00. The van der Waals surface area contributed by atoms with Crippen molar-refractivity contribution < 1.29 is 114 Å². The van der Waals surface area contributed by atoms with Crippen molar-refractivity contribution in [2.24, 2.45) is 0 Å². The van der Waals surface area contributed by atoms with Gasteiger partial charge in [-0.3, -0.25) is 0 Å². The van der Waals surface area contributed by atoms with Gasteiger partial charge < -0.3 is 33.2 Å². The third kappa shape index (κ3) is 88.0. The van der Waals surface area contributed by atoms with Crippen LogP contribution in [0.5, 0.6) is 0 Å². The quantitative estimate of drug-likeness (QED) is 0.328. The van der Waals surface area contributed by atoms with Gasteiger partial charge in [-0.1, -0.05) is 0 Å². The Balaban J connectivity index is -0.00000000121. The minimum Gasteiger partial charge on any atom is -1.00 e. The largest absolute Gasteiger partial charge is 2.00 e. The monoisotopic (exact) mass is 340 g/mol. The molecule has 58 valence electrons. The third-order valence-electron chi connectivity index (χ3n) is 0. The standard InChI is InChI=1S/Al.Ca.K.Na.H4O4Si.H2O.Sr.9H/c;;;;1-5(2,3)4;;;;;;;;;;;/h;;;;1-4H;1H2;;;;;;;;;;/q;+2;2*+1;;;+2;;;;6*-1. The summed E-state index contributed by atoms with van der Waals surface area (Å²) in [4.78, 5) is 29.3. The molecule has 11 heteroatoms. The smallest absolute Gasteiger partial charge is 1.00 e. The zero-order chi connectivity index (χ0) is 4.50. The molecule has 0 spiro atoms. The molecule has 0 aliphatic rings. The summed E-state index contributed by atoms with van der Waals surface area (Å²) in [5.74, 6) is 0. The Morgan fingerprint density at radius 3 is 1.00 bits per heavy atom. The fourth-order valence-electron chi connectivity index (χ4n) is 0. The molecule has 5 nitrogen and oxygen atoms in total. The van der Waals surface area contributed by atoms with Crippen molar-refractivity contribution in [3.8, 4) is 0 Å². The molecule has 0 aromatic heterocycles. The van der Waals surface area contributed by atoms with Gasteiger partial charge >= 0.3 is 173 Å². The molecule has 0 aromatic rings. The minimum atomic E-state index is -4.61. The van der Waals surface area contributed by atoms with Crippen LogP contribution in [-0.4, -0.2) is 134 Å². The summed E-state index contributed by atoms with van der Waals surface area (Å²) in [6.07, 6.45) is 0. The van der Waals surface area contributed by atoms with Gasteiger partial charge in [0.25, 0.3) is 0 Å². The summed E-state index contributed by atoms with van der Waals surface area (Å²) in [7, 11) is -4.61. The minimum absolute atomic E-state index is 0. The van der Waals surface area contributed by atoms with Gasteiger partial charge in [0.15, 0.2) is 17.4 Å². The van der Waals surface area contributed by atoms with Crippen LogP contribution < -0.4 is 80.9 Å². The van der Waals surface area contributed by atoms with E-state index in [2.05, 4.69) is 0 Å². The van der Waals surface area contributed by atoms with Crippen molar-refractivity contribution in [3.63, 3.8) is 0 Å². The predicted molar refractivity (Wildman–Crippen MR) is 46.4 cm³/mol. The van der Waals surface area contributed by atoms with Crippen LogP contribution in [-0.2, 0) is 0 Å². The molecule has 0 heterocycles. The Labute approximate surface area is 218 Å². The van der Waals surface area contributed by atoms with E-state index in [1.54, 1.807) is 0 Å². The van der Waals surface area contributed by atoms with E-state index in [-0.39, 0.29) is 196 Å². The average Bonchev–Trinajstić information content (AvgIpc) is 0.722. The van der Waals surface area contributed by atoms with E-state index in [1.165, 1.54) is 0 Å². The van der Waals surface area contributed by atoms with Gasteiger partial charge in [0.1, 0.15) is 0 Å². The van der Waals surface area contributed by atoms with Gasteiger partial charge in [-0.2, -0.15) is 0 Å². The molecular formula is H15AlCaKNaO5SiSr. The molecule has 0 saturated heterocycles. The first-order valence-corrected chi connectivity index (χ1v) is 2.68. The van der Waals surface area contributed by atoms with E-state index < -0.39 is 9.05 Å². The summed E-state index contributed by atoms with van der Waals surface area (Å²) in [5, 5.41) is 0. The first-order valence-electron chi connectivity index (χ1n) is 0.894. The Kier molecular flexibility index (Phi) is 98.8. The second-order valence-corrected chi connectivity index (χ2v) is 1.80. The molecule has 0 radical (unpaired) electrons. The van der Waals surface area contributed by atoms with Crippen molar-refractivity contribution >= 4 is 110 Å². The molecule has 0 unspecified atom stereocenters. The molecule has 0 bridgehead atoms. The maximum absolute atomic E-state index is 7.33. The fourth-order valence-corrected chi connectivity index (χ4v) is 0. The SMILES string of the molecule is O.O[Si](O)(O)O.[AlH3].[Ca+2].[H-].[H-].[H-].[H-].[H-].[H-].[K+].[Na+].[Sr+2]. The summed E-state index contributed by atoms with van der Waals surface area (Å²) in [6.45, 7) is 0. The molecular weight excluding hydrogens is 325 g/mol. The van der Waals surface area contributed by atoms with Crippen LogP contribution in [0.4, 0.5) is 0 Å². The molecule has 0 atom stereocenters. The number of rotatable bonds is 0. The molecule has 0 amide bonds. The van der Waals surface area contributed by atoms with E-state index >= 15 is 0 Å². The maximum Gasteiger partial charge on any atom is 2.00 e. The first kappa shape index (κ1) is 43.6. The second-order valence-electron chi connectivity index (χ2n) is 0.600. The van der Waals surface area contributed by atoms with Gasteiger partial charge in [0.05, 0.1) is 0 Å². The van der Waals surface area contributed by atoms with E-state index in [0.29, 0.717) is 0 Å². The second kappa shape index (κ2) is 24.9. The molecule has 0 rings (SSSR count). The van der Waals surface area contributed by atoms with Gasteiger partial charge in [-0.25, -0.2) is 0 Å². The molecule has 0 aromatic carbocycles. The van der Waals surface area contributed by atoms with Crippen LogP contribution in [0.15, 0.2) is 0 Å². The predicted octanol–water partition coefficient (Wildman–Crippen LogP) is -10.7. The Morgan fingerprint density at radius 1 is 1.00 bits per heavy atom. The molecule has 6 N–H and O–H groups in total. The Bertz CT molecular complexity index is 57.9. The van der Waals surface area contributed by atoms with E-state index in [4.69, 9.17) is 19.2 Å². The van der Waals surface area contributed by atoms with Crippen molar-refractivity contribution in [2.75, 3.05) is 0 Å². The topological polar surface area (TPSA) is 112 Å². The van der Waals surface area contributed by atoms with Gasteiger partial charge in [-0.05, 0) is 0 Å². The van der Waals surface area contributed by atoms with E-state index in [0.717, 1.165) is 0 Å². The van der Waals surface area contributed by atoms with E-state index in [1.807, 2.05) is 0 Å². The molecule has 0 aliphatic carbocycles. The normalized spacial score (nSPS) is 5.45. The van der Waals surface area contributed by atoms with Crippen molar-refractivity contribution in [1.82, 2.24) is 0 Å². The van der Waals surface area contributed by atoms with Crippen LogP contribution in [0.25, 0.3) is 0 Å². The van der Waals surface area contributed by atoms with Crippen LogP contribution in [0.3, 0.4) is 0 Å². The van der Waals surface area contributed by atoms with Gasteiger partial charge in [-0.15, -0.1) is 0 Å². The summed E-state index contributed by atoms with van der Waals surface area (Å²) in [6, 6.07) is 0. The fraction of sp³-hybridized carbons (Fsp3) is 0. The van der Waals surface area contributed by atoms with Crippen molar-refractivity contribution in [1.29, 1.82) is 0 Å². The van der Waals surface area contributed by atoms with Gasteiger partial charge in [0, 0.05) is 0 Å². The zero-order valence-electron chi connectivity index (χ0n) is 12.2. The summed E-state index contributed by atoms with van der Waals surface area (Å²) >= 11 is 0. The summed E-state index contributed by atoms with van der Waals surface area (Å²) < 4.78 is 0. The Hall–Kier alpha value is 5.93. The Morgan fingerprint density at radius 2 is 1.00 bits per heavy atom. The third-order valence-corrected chi connectivity index (χ3v) is 0. The van der Waals surface area contributed by atoms with Crippen LogP contribution in [0, 0.1) is 0 Å². The van der Waals surface area contributed by atoms with Gasteiger partial charge in [0.2, 0.25) is 0 Å². The zero-order valence-corrected chi connectivity index (χ0v) is 18.0. The summed E-state index contributed by atoms with van der Waals surface area (Å²) in [5.41, 5.74) is 0. The number of hydrogen-bond acceptors (Lipinski definition) is 4.